The van der Waals surface area contributed by atoms with Crippen molar-refractivity contribution in [1.29, 1.82) is 0 Å². The van der Waals surface area contributed by atoms with Crippen molar-refractivity contribution in [3.8, 4) is 0 Å². The lowest BCUT2D eigenvalue weighted by atomic mass is 10.1. The molecular weight excluding hydrogens is 416 g/mol. The van der Waals surface area contributed by atoms with Gasteiger partial charge in [0.2, 0.25) is 5.91 Å². The second-order valence-corrected chi connectivity index (χ2v) is 8.00. The molecule has 164 valence electrons. The molecule has 2 N–H and O–H groups in total. The van der Waals surface area contributed by atoms with Crippen molar-refractivity contribution in [2.75, 3.05) is 30.4 Å². The van der Waals surface area contributed by atoms with Crippen LogP contribution in [0.2, 0.25) is 0 Å². The molecule has 1 heterocycles. The highest BCUT2D eigenvalue weighted by Gasteiger charge is 2.28. The Bertz CT molecular complexity index is 979. The molecule has 31 heavy (non-hydrogen) atoms. The first-order valence-corrected chi connectivity index (χ1v) is 11.1. The Balaban J connectivity index is 1.57. The molecule has 1 aliphatic rings. The third-order valence-electron chi connectivity index (χ3n) is 4.72. The van der Waals surface area contributed by atoms with E-state index in [0.717, 1.165) is 41.0 Å². The van der Waals surface area contributed by atoms with Crippen LogP contribution < -0.4 is 10.6 Å². The van der Waals surface area contributed by atoms with Gasteiger partial charge in [-0.1, -0.05) is 12.1 Å². The normalized spacial score (nSPS) is 12.5. The van der Waals surface area contributed by atoms with Gasteiger partial charge >= 0.3 is 11.9 Å². The van der Waals surface area contributed by atoms with E-state index in [0.29, 0.717) is 23.8 Å². The van der Waals surface area contributed by atoms with Crippen LogP contribution in [0, 0.1) is 0 Å². The number of amides is 1. The van der Waals surface area contributed by atoms with Crippen LogP contribution in [0.1, 0.15) is 46.6 Å². The number of rotatable bonds is 9. The molecule has 0 radical (unpaired) electrons. The number of carbonyl (C=O) groups is 3. The van der Waals surface area contributed by atoms with Gasteiger partial charge in [0.15, 0.2) is 0 Å². The standard InChI is InChI=1S/C23H26N2O5S/c1-3-29-20(27)13-10-15-8-11-16(12-9-15)24-14-19(26)25-22-21(23(28)30-4-2)17-6-5-7-18(17)31-22/h8-13,24H,3-7,14H2,1-2H3,(H,25,26)/b13-10+. The zero-order chi connectivity index (χ0) is 22.2. The van der Waals surface area contributed by atoms with Crippen molar-refractivity contribution in [1.82, 2.24) is 0 Å². The van der Waals surface area contributed by atoms with Gasteiger partial charge in [0.05, 0.1) is 25.3 Å². The van der Waals surface area contributed by atoms with Gasteiger partial charge < -0.3 is 20.1 Å². The second-order valence-electron chi connectivity index (χ2n) is 6.89. The maximum absolute atomic E-state index is 12.5. The predicted octanol–water partition coefficient (Wildman–Crippen LogP) is 4.04. The van der Waals surface area contributed by atoms with Crippen LogP contribution in [-0.2, 0) is 31.9 Å². The Morgan fingerprint density at radius 2 is 1.81 bits per heavy atom. The monoisotopic (exact) mass is 442 g/mol. The van der Waals surface area contributed by atoms with Crippen molar-refractivity contribution in [2.24, 2.45) is 0 Å². The zero-order valence-electron chi connectivity index (χ0n) is 17.7. The fraction of sp³-hybridized carbons (Fsp3) is 0.348. The third-order valence-corrected chi connectivity index (χ3v) is 5.92. The first-order chi connectivity index (χ1) is 15.0. The summed E-state index contributed by atoms with van der Waals surface area (Å²) in [6, 6.07) is 7.31. The van der Waals surface area contributed by atoms with Crippen LogP contribution in [0.4, 0.5) is 10.7 Å². The van der Waals surface area contributed by atoms with E-state index in [-0.39, 0.29) is 24.4 Å². The van der Waals surface area contributed by atoms with E-state index in [2.05, 4.69) is 10.6 Å². The summed E-state index contributed by atoms with van der Waals surface area (Å²) in [6.07, 6.45) is 5.83. The van der Waals surface area contributed by atoms with Crippen molar-refractivity contribution in [2.45, 2.75) is 33.1 Å². The summed E-state index contributed by atoms with van der Waals surface area (Å²) in [4.78, 5) is 37.4. The van der Waals surface area contributed by atoms with Crippen molar-refractivity contribution in [3.63, 3.8) is 0 Å². The van der Waals surface area contributed by atoms with E-state index in [1.165, 1.54) is 17.4 Å². The topological polar surface area (TPSA) is 93.7 Å². The van der Waals surface area contributed by atoms with E-state index in [9.17, 15) is 14.4 Å². The molecule has 3 rings (SSSR count). The zero-order valence-corrected chi connectivity index (χ0v) is 18.5. The van der Waals surface area contributed by atoms with Gasteiger partial charge in [0.25, 0.3) is 0 Å². The lowest BCUT2D eigenvalue weighted by molar-refractivity contribution is -0.137. The summed E-state index contributed by atoms with van der Waals surface area (Å²) in [7, 11) is 0. The number of nitrogens with one attached hydrogen (secondary N) is 2. The Kier molecular flexibility index (Phi) is 7.83. The Morgan fingerprint density at radius 1 is 1.06 bits per heavy atom. The average molecular weight is 443 g/mol. The number of benzene rings is 1. The number of ether oxygens (including phenoxy) is 2. The number of esters is 2. The van der Waals surface area contributed by atoms with Crippen LogP contribution in [-0.4, -0.2) is 37.6 Å². The molecule has 0 aliphatic heterocycles. The molecule has 1 aromatic carbocycles. The summed E-state index contributed by atoms with van der Waals surface area (Å²) in [5.74, 6) is -1.00. The van der Waals surface area contributed by atoms with Gasteiger partial charge in [-0.2, -0.15) is 0 Å². The molecule has 1 amide bonds. The molecular formula is C23H26N2O5S. The second kappa shape index (κ2) is 10.8. The number of fused-ring (bicyclic) bond motifs is 1. The fourth-order valence-corrected chi connectivity index (χ4v) is 4.62. The molecule has 0 saturated heterocycles. The SMILES string of the molecule is CCOC(=O)/C=C/c1ccc(NCC(=O)Nc2sc3c(c2C(=O)OCC)CCC3)cc1. The minimum Gasteiger partial charge on any atom is -0.463 e. The Hall–Kier alpha value is -3.13. The highest BCUT2D eigenvalue weighted by molar-refractivity contribution is 7.17. The summed E-state index contributed by atoms with van der Waals surface area (Å²) in [5.41, 5.74) is 3.13. The Morgan fingerprint density at radius 3 is 2.52 bits per heavy atom. The molecule has 0 spiro atoms. The highest BCUT2D eigenvalue weighted by Crippen LogP contribution is 2.39. The fourth-order valence-electron chi connectivity index (χ4n) is 3.33. The molecule has 0 atom stereocenters. The summed E-state index contributed by atoms with van der Waals surface area (Å²) in [5, 5.41) is 6.48. The molecule has 0 bridgehead atoms. The van der Waals surface area contributed by atoms with Crippen molar-refractivity contribution in [3.05, 3.63) is 51.9 Å². The van der Waals surface area contributed by atoms with Crippen LogP contribution in [0.5, 0.6) is 0 Å². The predicted molar refractivity (Wildman–Crippen MR) is 122 cm³/mol. The summed E-state index contributed by atoms with van der Waals surface area (Å²) < 4.78 is 10.0. The van der Waals surface area contributed by atoms with Gasteiger partial charge in [-0.05, 0) is 62.4 Å². The van der Waals surface area contributed by atoms with Crippen LogP contribution in [0.15, 0.2) is 30.3 Å². The van der Waals surface area contributed by atoms with E-state index in [1.807, 2.05) is 24.3 Å². The van der Waals surface area contributed by atoms with Crippen molar-refractivity contribution >= 4 is 45.9 Å². The van der Waals surface area contributed by atoms with E-state index in [1.54, 1.807) is 19.9 Å². The highest BCUT2D eigenvalue weighted by atomic mass is 32.1. The molecule has 0 saturated carbocycles. The molecule has 8 heteroatoms. The van der Waals surface area contributed by atoms with Crippen LogP contribution in [0.25, 0.3) is 6.08 Å². The average Bonchev–Trinajstić information content (AvgIpc) is 3.32. The summed E-state index contributed by atoms with van der Waals surface area (Å²) in [6.45, 7) is 4.21. The van der Waals surface area contributed by atoms with Crippen LogP contribution >= 0.6 is 11.3 Å². The minimum atomic E-state index is -0.386. The van der Waals surface area contributed by atoms with Gasteiger partial charge in [-0.3, -0.25) is 4.79 Å². The number of carbonyl (C=O) groups excluding carboxylic acids is 3. The first kappa shape index (κ1) is 22.6. The lowest BCUT2D eigenvalue weighted by Crippen LogP contribution is -2.22. The van der Waals surface area contributed by atoms with Gasteiger partial charge in [0.1, 0.15) is 5.00 Å². The minimum absolute atomic E-state index is 0.0584. The first-order valence-electron chi connectivity index (χ1n) is 10.3. The van der Waals surface area contributed by atoms with Crippen molar-refractivity contribution < 1.29 is 23.9 Å². The van der Waals surface area contributed by atoms with E-state index < -0.39 is 0 Å². The molecule has 7 nitrogen and oxygen atoms in total. The number of anilines is 2. The maximum atomic E-state index is 12.5. The van der Waals surface area contributed by atoms with E-state index in [4.69, 9.17) is 9.47 Å². The quantitative estimate of drug-likeness (QED) is 0.450. The van der Waals surface area contributed by atoms with E-state index >= 15 is 0 Å². The number of aryl methyl sites for hydroxylation is 1. The molecule has 1 aromatic heterocycles. The maximum Gasteiger partial charge on any atom is 0.341 e. The summed E-state index contributed by atoms with van der Waals surface area (Å²) >= 11 is 1.46. The third kappa shape index (κ3) is 5.95. The lowest BCUT2D eigenvalue weighted by Gasteiger charge is -2.09. The molecule has 0 unspecified atom stereocenters. The number of hydrogen-bond donors (Lipinski definition) is 2. The molecule has 2 aromatic rings. The molecule has 1 aliphatic carbocycles. The Labute approximate surface area is 185 Å². The smallest absolute Gasteiger partial charge is 0.341 e. The van der Waals surface area contributed by atoms with Gasteiger partial charge in [-0.25, -0.2) is 9.59 Å². The number of thiophene rings is 1. The molecule has 0 fully saturated rings. The van der Waals surface area contributed by atoms with Gasteiger partial charge in [0, 0.05) is 16.6 Å². The largest absolute Gasteiger partial charge is 0.463 e. The van der Waals surface area contributed by atoms with Crippen LogP contribution in [0.3, 0.4) is 0 Å². The van der Waals surface area contributed by atoms with Gasteiger partial charge in [-0.15, -0.1) is 11.3 Å². The number of hydrogen-bond acceptors (Lipinski definition) is 7.